The summed E-state index contributed by atoms with van der Waals surface area (Å²) in [4.78, 5) is 28.5. The molecule has 0 N–H and O–H groups in total. The van der Waals surface area contributed by atoms with Gasteiger partial charge in [0.1, 0.15) is 5.56 Å². The van der Waals surface area contributed by atoms with Gasteiger partial charge in [-0.3, -0.25) is 9.59 Å². The predicted molar refractivity (Wildman–Crippen MR) is 132 cm³/mol. The van der Waals surface area contributed by atoms with Crippen molar-refractivity contribution in [3.63, 3.8) is 0 Å². The molecule has 0 saturated carbocycles. The van der Waals surface area contributed by atoms with Gasteiger partial charge in [0.2, 0.25) is 0 Å². The number of carbonyl (C=O) groups is 1. The van der Waals surface area contributed by atoms with E-state index in [0.717, 1.165) is 34.1 Å². The first-order valence-electron chi connectivity index (χ1n) is 10.9. The van der Waals surface area contributed by atoms with Gasteiger partial charge < -0.3 is 9.47 Å². The number of benzene rings is 3. The van der Waals surface area contributed by atoms with Crippen molar-refractivity contribution in [3.05, 3.63) is 111 Å². The molecule has 0 aliphatic carbocycles. The molecular weight excluding hydrogens is 396 g/mol. The topological polar surface area (TPSA) is 42.3 Å². The van der Waals surface area contributed by atoms with Gasteiger partial charge in [-0.05, 0) is 66.6 Å². The SMILES string of the molecule is CCc1ccc(N(C)C(=O)c2cc3ccccc3n(Cc3ccc(C)cc3C)c2=O)cc1. The Hall–Kier alpha value is -3.66. The van der Waals surface area contributed by atoms with E-state index in [4.69, 9.17) is 0 Å². The monoisotopic (exact) mass is 424 g/mol. The van der Waals surface area contributed by atoms with Crippen LogP contribution >= 0.6 is 0 Å². The van der Waals surface area contributed by atoms with Gasteiger partial charge in [-0.15, -0.1) is 0 Å². The lowest BCUT2D eigenvalue weighted by Crippen LogP contribution is -2.34. The van der Waals surface area contributed by atoms with E-state index in [1.807, 2.05) is 48.5 Å². The van der Waals surface area contributed by atoms with Gasteiger partial charge in [0.15, 0.2) is 0 Å². The minimum absolute atomic E-state index is 0.176. The number of amides is 1. The molecule has 32 heavy (non-hydrogen) atoms. The number of pyridine rings is 1. The molecule has 0 spiro atoms. The number of rotatable bonds is 5. The highest BCUT2D eigenvalue weighted by Crippen LogP contribution is 2.20. The first-order valence-corrected chi connectivity index (χ1v) is 10.9. The van der Waals surface area contributed by atoms with Crippen molar-refractivity contribution in [1.82, 2.24) is 4.57 Å². The molecule has 0 fully saturated rings. The fourth-order valence-corrected chi connectivity index (χ4v) is 4.08. The van der Waals surface area contributed by atoms with Crippen LogP contribution in [-0.4, -0.2) is 17.5 Å². The number of aryl methyl sites for hydroxylation is 3. The molecule has 4 heteroatoms. The van der Waals surface area contributed by atoms with Crippen LogP contribution in [0.1, 0.15) is 39.5 Å². The van der Waals surface area contributed by atoms with Gasteiger partial charge in [0.05, 0.1) is 12.1 Å². The zero-order chi connectivity index (χ0) is 22.8. The summed E-state index contributed by atoms with van der Waals surface area (Å²) in [5.41, 5.74) is 6.08. The highest BCUT2D eigenvalue weighted by molar-refractivity contribution is 6.07. The van der Waals surface area contributed by atoms with E-state index in [0.29, 0.717) is 6.54 Å². The number of para-hydroxylation sites is 1. The minimum Gasteiger partial charge on any atom is -0.311 e. The summed E-state index contributed by atoms with van der Waals surface area (Å²) in [6.45, 7) is 6.62. The average Bonchev–Trinajstić information content (AvgIpc) is 2.81. The van der Waals surface area contributed by atoms with Crippen LogP contribution in [0.4, 0.5) is 5.69 Å². The van der Waals surface area contributed by atoms with E-state index in [1.165, 1.54) is 11.1 Å². The summed E-state index contributed by atoms with van der Waals surface area (Å²) in [5, 5.41) is 0.870. The van der Waals surface area contributed by atoms with Gasteiger partial charge in [-0.2, -0.15) is 0 Å². The smallest absolute Gasteiger partial charge is 0.264 e. The first-order chi connectivity index (χ1) is 15.4. The molecule has 0 bridgehead atoms. The third-order valence-electron chi connectivity index (χ3n) is 6.10. The van der Waals surface area contributed by atoms with Crippen LogP contribution in [0.2, 0.25) is 0 Å². The normalized spacial score (nSPS) is 11.0. The Morgan fingerprint density at radius 2 is 1.66 bits per heavy atom. The van der Waals surface area contributed by atoms with Crippen LogP contribution in [0.15, 0.2) is 77.6 Å². The number of nitrogens with zero attached hydrogens (tertiary/aromatic N) is 2. The molecule has 4 nitrogen and oxygen atoms in total. The van der Waals surface area contributed by atoms with Crippen molar-refractivity contribution < 1.29 is 4.79 Å². The number of hydrogen-bond acceptors (Lipinski definition) is 2. The molecule has 0 radical (unpaired) electrons. The second-order valence-electron chi connectivity index (χ2n) is 8.32. The van der Waals surface area contributed by atoms with Gasteiger partial charge >= 0.3 is 0 Å². The Bertz CT molecular complexity index is 1350. The van der Waals surface area contributed by atoms with Crippen molar-refractivity contribution in [2.45, 2.75) is 33.7 Å². The van der Waals surface area contributed by atoms with Crippen molar-refractivity contribution in [1.29, 1.82) is 0 Å². The van der Waals surface area contributed by atoms with Gasteiger partial charge in [0.25, 0.3) is 11.5 Å². The summed E-state index contributed by atoms with van der Waals surface area (Å²) in [6, 6.07) is 23.5. The van der Waals surface area contributed by atoms with Crippen LogP contribution < -0.4 is 10.5 Å². The zero-order valence-electron chi connectivity index (χ0n) is 19.1. The van der Waals surface area contributed by atoms with Gasteiger partial charge in [-0.25, -0.2) is 0 Å². The lowest BCUT2D eigenvalue weighted by atomic mass is 10.0. The molecule has 0 atom stereocenters. The van der Waals surface area contributed by atoms with Crippen molar-refractivity contribution in [2.75, 3.05) is 11.9 Å². The second-order valence-corrected chi connectivity index (χ2v) is 8.32. The molecular formula is C28H28N2O2. The maximum atomic E-state index is 13.6. The molecule has 1 heterocycles. The van der Waals surface area contributed by atoms with E-state index in [2.05, 4.69) is 39.0 Å². The number of carbonyl (C=O) groups excluding carboxylic acids is 1. The predicted octanol–water partition coefficient (Wildman–Crippen LogP) is 5.51. The Balaban J connectivity index is 1.80. The van der Waals surface area contributed by atoms with Crippen LogP contribution in [0.25, 0.3) is 10.9 Å². The molecule has 0 aliphatic heterocycles. The Kier molecular flexibility index (Phi) is 5.95. The van der Waals surface area contributed by atoms with Crippen LogP contribution in [0.3, 0.4) is 0 Å². The van der Waals surface area contributed by atoms with E-state index in [1.54, 1.807) is 22.6 Å². The summed E-state index contributed by atoms with van der Waals surface area (Å²) in [5.74, 6) is -0.306. The van der Waals surface area contributed by atoms with Gasteiger partial charge in [0, 0.05) is 12.7 Å². The van der Waals surface area contributed by atoms with E-state index in [9.17, 15) is 9.59 Å². The van der Waals surface area contributed by atoms with E-state index >= 15 is 0 Å². The third kappa shape index (κ3) is 4.09. The Morgan fingerprint density at radius 1 is 0.938 bits per heavy atom. The number of aromatic nitrogens is 1. The highest BCUT2D eigenvalue weighted by Gasteiger charge is 2.20. The molecule has 0 saturated heterocycles. The van der Waals surface area contributed by atoms with Crippen LogP contribution in [0.5, 0.6) is 0 Å². The standard InChI is InChI=1S/C28H28N2O2/c1-5-21-11-14-24(15-12-21)29(4)27(31)25-17-22-8-6-7-9-26(22)30(28(25)32)18-23-13-10-19(2)16-20(23)3/h6-17H,5,18H2,1-4H3. The second kappa shape index (κ2) is 8.83. The van der Waals surface area contributed by atoms with Crippen molar-refractivity contribution >= 4 is 22.5 Å². The quantitative estimate of drug-likeness (QED) is 0.424. The zero-order valence-corrected chi connectivity index (χ0v) is 19.1. The third-order valence-corrected chi connectivity index (χ3v) is 6.10. The minimum atomic E-state index is -0.306. The van der Waals surface area contributed by atoms with Crippen LogP contribution in [0, 0.1) is 13.8 Å². The average molecular weight is 425 g/mol. The fourth-order valence-electron chi connectivity index (χ4n) is 4.08. The van der Waals surface area contributed by atoms with Crippen LogP contribution in [-0.2, 0) is 13.0 Å². The maximum absolute atomic E-state index is 13.6. The molecule has 1 amide bonds. The molecule has 162 valence electrons. The largest absolute Gasteiger partial charge is 0.311 e. The summed E-state index contributed by atoms with van der Waals surface area (Å²) >= 11 is 0. The molecule has 1 aromatic heterocycles. The fraction of sp³-hybridized carbons (Fsp3) is 0.214. The number of anilines is 1. The van der Waals surface area contributed by atoms with Crippen molar-refractivity contribution in [2.24, 2.45) is 0 Å². The lowest BCUT2D eigenvalue weighted by molar-refractivity contribution is 0.0991. The molecule has 4 aromatic rings. The molecule has 0 aliphatic rings. The highest BCUT2D eigenvalue weighted by atomic mass is 16.2. The van der Waals surface area contributed by atoms with E-state index < -0.39 is 0 Å². The summed E-state index contributed by atoms with van der Waals surface area (Å²) in [7, 11) is 1.71. The molecule has 0 unspecified atom stereocenters. The summed E-state index contributed by atoms with van der Waals surface area (Å²) < 4.78 is 1.72. The molecule has 4 rings (SSSR count). The van der Waals surface area contributed by atoms with Crippen molar-refractivity contribution in [3.8, 4) is 0 Å². The number of hydrogen-bond donors (Lipinski definition) is 0. The Labute approximate surface area is 188 Å². The first kappa shape index (κ1) is 21.6. The number of fused-ring (bicyclic) bond motifs is 1. The maximum Gasteiger partial charge on any atom is 0.264 e. The lowest BCUT2D eigenvalue weighted by Gasteiger charge is -2.19. The summed E-state index contributed by atoms with van der Waals surface area (Å²) in [6.07, 6.45) is 0.936. The molecule has 3 aromatic carbocycles. The van der Waals surface area contributed by atoms with E-state index in [-0.39, 0.29) is 17.0 Å². The van der Waals surface area contributed by atoms with Gasteiger partial charge in [-0.1, -0.05) is 61.0 Å². The Morgan fingerprint density at radius 3 is 2.34 bits per heavy atom.